The van der Waals surface area contributed by atoms with Crippen molar-refractivity contribution in [2.45, 2.75) is 45.6 Å². The first-order chi connectivity index (χ1) is 7.49. The second-order valence-electron chi connectivity index (χ2n) is 4.16. The fraction of sp³-hybridized carbons (Fsp3) is 0.700. The third-order valence-corrected chi connectivity index (χ3v) is 3.15. The van der Waals surface area contributed by atoms with Crippen molar-refractivity contribution in [1.29, 1.82) is 0 Å². The summed E-state index contributed by atoms with van der Waals surface area (Å²) in [5, 5.41) is 12.1. The molecule has 0 bridgehead atoms. The number of anilines is 1. The molecule has 90 valence electrons. The van der Waals surface area contributed by atoms with Gasteiger partial charge >= 0.3 is 0 Å². The lowest BCUT2D eigenvalue weighted by atomic mass is 10.2. The normalized spacial score (nSPS) is 12.8. The number of carbonyl (C=O) groups is 1. The first-order valence-electron chi connectivity index (χ1n) is 5.38. The molecule has 1 unspecified atom stereocenters. The lowest BCUT2D eigenvalue weighted by molar-refractivity contribution is -0.116. The van der Waals surface area contributed by atoms with Crippen molar-refractivity contribution in [3.63, 3.8) is 0 Å². The summed E-state index contributed by atoms with van der Waals surface area (Å²) in [6.07, 6.45) is 1.11. The summed E-state index contributed by atoms with van der Waals surface area (Å²) in [7, 11) is 0. The first-order valence-corrected chi connectivity index (χ1v) is 6.19. The number of aromatic nitrogens is 2. The van der Waals surface area contributed by atoms with Crippen LogP contribution < -0.4 is 11.1 Å². The van der Waals surface area contributed by atoms with E-state index in [-0.39, 0.29) is 11.9 Å². The summed E-state index contributed by atoms with van der Waals surface area (Å²) < 4.78 is 0. The topological polar surface area (TPSA) is 80.9 Å². The van der Waals surface area contributed by atoms with Crippen LogP contribution in [0, 0.1) is 0 Å². The zero-order valence-corrected chi connectivity index (χ0v) is 10.7. The maximum Gasteiger partial charge on any atom is 0.226 e. The smallest absolute Gasteiger partial charge is 0.226 e. The minimum atomic E-state index is -0.0521. The van der Waals surface area contributed by atoms with E-state index >= 15 is 0 Å². The second-order valence-corrected chi connectivity index (χ2v) is 5.17. The standard InChI is InChI=1S/C10H18N4OS/c1-6(2)9-13-14-10(16-9)12-8(15)5-4-7(3)11/h6-7H,4-5,11H2,1-3H3,(H,12,14,15). The molecule has 0 spiro atoms. The van der Waals surface area contributed by atoms with Crippen molar-refractivity contribution in [3.05, 3.63) is 5.01 Å². The minimum Gasteiger partial charge on any atom is -0.328 e. The average molecular weight is 242 g/mol. The molecule has 1 rings (SSSR count). The molecule has 0 saturated carbocycles. The molecule has 0 aliphatic rings. The van der Waals surface area contributed by atoms with Crippen molar-refractivity contribution in [3.8, 4) is 0 Å². The number of nitrogens with two attached hydrogens (primary N) is 1. The largest absolute Gasteiger partial charge is 0.328 e. The number of carbonyl (C=O) groups excluding carboxylic acids is 1. The Morgan fingerprint density at radius 2 is 2.12 bits per heavy atom. The quantitative estimate of drug-likeness (QED) is 0.824. The van der Waals surface area contributed by atoms with Crippen LogP contribution >= 0.6 is 11.3 Å². The number of amides is 1. The molecule has 1 aromatic rings. The highest BCUT2D eigenvalue weighted by atomic mass is 32.1. The fourth-order valence-corrected chi connectivity index (χ4v) is 1.82. The molecule has 6 heteroatoms. The number of nitrogens with zero attached hydrogens (tertiary/aromatic N) is 2. The maximum absolute atomic E-state index is 11.5. The van der Waals surface area contributed by atoms with E-state index in [4.69, 9.17) is 5.73 Å². The van der Waals surface area contributed by atoms with Crippen LogP contribution in [0.2, 0.25) is 0 Å². The molecule has 1 heterocycles. The van der Waals surface area contributed by atoms with Crippen LogP contribution in [0.1, 0.15) is 44.5 Å². The zero-order chi connectivity index (χ0) is 12.1. The Morgan fingerprint density at radius 3 is 2.62 bits per heavy atom. The molecule has 1 amide bonds. The van der Waals surface area contributed by atoms with E-state index in [9.17, 15) is 4.79 Å². The van der Waals surface area contributed by atoms with Crippen molar-refractivity contribution in [2.24, 2.45) is 5.73 Å². The minimum absolute atomic E-state index is 0.0476. The van der Waals surface area contributed by atoms with Gasteiger partial charge in [0.2, 0.25) is 11.0 Å². The van der Waals surface area contributed by atoms with Gasteiger partial charge in [-0.05, 0) is 13.3 Å². The summed E-state index contributed by atoms with van der Waals surface area (Å²) >= 11 is 1.42. The van der Waals surface area contributed by atoms with Gasteiger partial charge in [0, 0.05) is 18.4 Å². The Kier molecular flexibility index (Phi) is 4.82. The Bertz CT molecular complexity index is 348. The van der Waals surface area contributed by atoms with Gasteiger partial charge in [-0.2, -0.15) is 0 Å². The number of hydrogen-bond acceptors (Lipinski definition) is 5. The fourth-order valence-electron chi connectivity index (χ4n) is 1.06. The molecule has 3 N–H and O–H groups in total. The van der Waals surface area contributed by atoms with E-state index in [1.54, 1.807) is 0 Å². The van der Waals surface area contributed by atoms with Crippen LogP contribution in [0.15, 0.2) is 0 Å². The molecule has 16 heavy (non-hydrogen) atoms. The molecule has 0 saturated heterocycles. The maximum atomic E-state index is 11.5. The third kappa shape index (κ3) is 4.24. The Balaban J connectivity index is 2.43. The summed E-state index contributed by atoms with van der Waals surface area (Å²) in [5.74, 6) is 0.288. The highest BCUT2D eigenvalue weighted by Gasteiger charge is 2.10. The van der Waals surface area contributed by atoms with Crippen molar-refractivity contribution < 1.29 is 4.79 Å². The lowest BCUT2D eigenvalue weighted by Gasteiger charge is -2.03. The van der Waals surface area contributed by atoms with Crippen LogP contribution in [0.3, 0.4) is 0 Å². The Labute approximate surface area is 99.5 Å². The molecular formula is C10H18N4OS. The number of hydrogen-bond donors (Lipinski definition) is 2. The van der Waals surface area contributed by atoms with Crippen LogP contribution in [0.5, 0.6) is 0 Å². The number of rotatable bonds is 5. The van der Waals surface area contributed by atoms with E-state index in [1.807, 2.05) is 20.8 Å². The summed E-state index contributed by atoms with van der Waals surface area (Å²) in [4.78, 5) is 11.5. The average Bonchev–Trinajstić information content (AvgIpc) is 2.63. The van der Waals surface area contributed by atoms with Gasteiger partial charge in [-0.1, -0.05) is 25.2 Å². The SMILES string of the molecule is CC(N)CCC(=O)Nc1nnc(C(C)C)s1. The van der Waals surface area contributed by atoms with Gasteiger partial charge in [0.1, 0.15) is 5.01 Å². The van der Waals surface area contributed by atoms with E-state index in [0.717, 1.165) is 5.01 Å². The molecular weight excluding hydrogens is 224 g/mol. The molecule has 1 atom stereocenters. The van der Waals surface area contributed by atoms with Crippen molar-refractivity contribution >= 4 is 22.4 Å². The van der Waals surface area contributed by atoms with Gasteiger partial charge in [0.15, 0.2) is 0 Å². The molecule has 1 aromatic heterocycles. The van der Waals surface area contributed by atoms with E-state index in [1.165, 1.54) is 11.3 Å². The van der Waals surface area contributed by atoms with E-state index in [2.05, 4.69) is 15.5 Å². The van der Waals surface area contributed by atoms with Gasteiger partial charge in [-0.3, -0.25) is 4.79 Å². The lowest BCUT2D eigenvalue weighted by Crippen LogP contribution is -2.19. The van der Waals surface area contributed by atoms with Crippen LogP contribution in [0.4, 0.5) is 5.13 Å². The summed E-state index contributed by atoms with van der Waals surface area (Å²) in [6.45, 7) is 5.97. The van der Waals surface area contributed by atoms with Crippen LogP contribution in [0.25, 0.3) is 0 Å². The summed E-state index contributed by atoms with van der Waals surface area (Å²) in [5.41, 5.74) is 5.57. The highest BCUT2D eigenvalue weighted by molar-refractivity contribution is 7.15. The second kappa shape index (κ2) is 5.91. The summed E-state index contributed by atoms with van der Waals surface area (Å²) in [6, 6.07) is 0.0476. The molecule has 0 radical (unpaired) electrons. The first kappa shape index (κ1) is 13.1. The van der Waals surface area contributed by atoms with Gasteiger partial charge in [0.25, 0.3) is 0 Å². The van der Waals surface area contributed by atoms with Crippen LogP contribution in [-0.2, 0) is 4.79 Å². The predicted octanol–water partition coefficient (Wildman–Crippen LogP) is 1.73. The molecule has 0 aromatic carbocycles. The molecule has 0 aliphatic heterocycles. The number of nitrogens with one attached hydrogen (secondary N) is 1. The predicted molar refractivity (Wildman–Crippen MR) is 65.5 cm³/mol. The zero-order valence-electron chi connectivity index (χ0n) is 9.86. The molecule has 0 fully saturated rings. The third-order valence-electron chi connectivity index (χ3n) is 2.01. The van der Waals surface area contributed by atoms with Gasteiger partial charge < -0.3 is 11.1 Å². The van der Waals surface area contributed by atoms with Crippen molar-refractivity contribution in [2.75, 3.05) is 5.32 Å². The molecule has 0 aliphatic carbocycles. The molecule has 5 nitrogen and oxygen atoms in total. The Morgan fingerprint density at radius 1 is 1.44 bits per heavy atom. The highest BCUT2D eigenvalue weighted by Crippen LogP contribution is 2.22. The van der Waals surface area contributed by atoms with Gasteiger partial charge in [-0.15, -0.1) is 10.2 Å². The monoisotopic (exact) mass is 242 g/mol. The van der Waals surface area contributed by atoms with Crippen LogP contribution in [-0.4, -0.2) is 22.1 Å². The van der Waals surface area contributed by atoms with Gasteiger partial charge in [0.05, 0.1) is 0 Å². The van der Waals surface area contributed by atoms with E-state index in [0.29, 0.717) is 23.9 Å². The van der Waals surface area contributed by atoms with Gasteiger partial charge in [-0.25, -0.2) is 0 Å². The van der Waals surface area contributed by atoms with E-state index < -0.39 is 0 Å². The van der Waals surface area contributed by atoms with Crippen molar-refractivity contribution in [1.82, 2.24) is 10.2 Å². The Hall–Kier alpha value is -1.01.